The van der Waals surface area contributed by atoms with Crippen molar-refractivity contribution in [1.29, 1.82) is 0 Å². The maximum Gasteiger partial charge on any atom is 0.0941 e. The molecule has 106 valence electrons. The Morgan fingerprint density at radius 3 is 2.33 bits per heavy atom. The Morgan fingerprint density at radius 1 is 0.889 bits per heavy atom. The van der Waals surface area contributed by atoms with Crippen molar-refractivity contribution < 1.29 is 33.6 Å². The minimum atomic E-state index is 0. The molecule has 2 saturated carbocycles. The number of rotatable bonds is 1. The standard InChI is InChI=1S/C15H28NO.HI/c1-16(10-3-2-4-11-16)14-9-8-12-6-5-7-13(14)15(12)17;/h12-15,17H,2-11H2,1H3;1H/q+1;/p-1/t12?,13?,14?,15-;/m0./s1. The molecule has 2 bridgehead atoms. The maximum absolute atomic E-state index is 10.5. The lowest BCUT2D eigenvalue weighted by atomic mass is 9.66. The van der Waals surface area contributed by atoms with Gasteiger partial charge in [-0.25, -0.2) is 0 Å². The monoisotopic (exact) mass is 365 g/mol. The van der Waals surface area contributed by atoms with Crippen LogP contribution in [0.3, 0.4) is 0 Å². The van der Waals surface area contributed by atoms with Crippen LogP contribution in [0.4, 0.5) is 0 Å². The molecular formula is C15H28INO. The average Bonchev–Trinajstić information content (AvgIpc) is 2.29. The van der Waals surface area contributed by atoms with Gasteiger partial charge in [-0.3, -0.25) is 0 Å². The largest absolute Gasteiger partial charge is 1.00 e. The quantitative estimate of drug-likeness (QED) is 0.494. The SMILES string of the molecule is C[N+]1(C2CCC3CCCC2[C@H]3O)CCCCC1.[I-]. The Morgan fingerprint density at radius 2 is 1.61 bits per heavy atom. The first-order valence-corrected chi connectivity index (χ1v) is 7.73. The van der Waals surface area contributed by atoms with Gasteiger partial charge >= 0.3 is 0 Å². The van der Waals surface area contributed by atoms with E-state index >= 15 is 0 Å². The highest BCUT2D eigenvalue weighted by Crippen LogP contribution is 2.44. The molecule has 2 nitrogen and oxygen atoms in total. The molecule has 3 heteroatoms. The highest BCUT2D eigenvalue weighted by atomic mass is 127. The van der Waals surface area contributed by atoms with Crippen molar-refractivity contribution in [3.8, 4) is 0 Å². The molecule has 1 saturated heterocycles. The number of hydrogen-bond donors (Lipinski definition) is 1. The molecule has 0 spiro atoms. The van der Waals surface area contributed by atoms with Gasteiger partial charge in [0.05, 0.1) is 32.3 Å². The number of piperidine rings is 1. The summed E-state index contributed by atoms with van der Waals surface area (Å²) in [5, 5.41) is 10.5. The third-order valence-corrected chi connectivity index (χ3v) is 6.00. The van der Waals surface area contributed by atoms with Crippen molar-refractivity contribution in [2.24, 2.45) is 11.8 Å². The van der Waals surface area contributed by atoms with Crippen LogP contribution in [0, 0.1) is 11.8 Å². The van der Waals surface area contributed by atoms with Gasteiger partial charge in [-0.15, -0.1) is 0 Å². The first-order chi connectivity index (χ1) is 8.21. The number of halogens is 1. The molecule has 3 rings (SSSR count). The van der Waals surface area contributed by atoms with Crippen LogP contribution in [0.15, 0.2) is 0 Å². The van der Waals surface area contributed by atoms with Crippen LogP contribution in [0.1, 0.15) is 51.4 Å². The van der Waals surface area contributed by atoms with Gasteiger partial charge in [0.1, 0.15) is 0 Å². The lowest BCUT2D eigenvalue weighted by Crippen LogP contribution is -3.00. The van der Waals surface area contributed by atoms with Crippen LogP contribution in [0.5, 0.6) is 0 Å². The Labute approximate surface area is 129 Å². The predicted molar refractivity (Wildman–Crippen MR) is 69.6 cm³/mol. The van der Waals surface area contributed by atoms with E-state index in [-0.39, 0.29) is 30.1 Å². The third-order valence-electron chi connectivity index (χ3n) is 6.00. The van der Waals surface area contributed by atoms with E-state index in [9.17, 15) is 5.11 Å². The minimum absolute atomic E-state index is 0. The summed E-state index contributed by atoms with van der Waals surface area (Å²) in [4.78, 5) is 0. The summed E-state index contributed by atoms with van der Waals surface area (Å²) in [6.07, 6.45) is 10.9. The van der Waals surface area contributed by atoms with E-state index in [0.717, 1.165) is 6.04 Å². The number of hydrogen-bond acceptors (Lipinski definition) is 1. The first kappa shape index (κ1) is 15.0. The van der Waals surface area contributed by atoms with E-state index in [0.29, 0.717) is 11.8 Å². The van der Waals surface area contributed by atoms with E-state index in [4.69, 9.17) is 0 Å². The summed E-state index contributed by atoms with van der Waals surface area (Å²) >= 11 is 0. The summed E-state index contributed by atoms with van der Waals surface area (Å²) in [6, 6.07) is 0.766. The summed E-state index contributed by atoms with van der Waals surface area (Å²) < 4.78 is 1.27. The van der Waals surface area contributed by atoms with Crippen molar-refractivity contribution in [2.45, 2.75) is 63.5 Å². The zero-order valence-electron chi connectivity index (χ0n) is 11.7. The smallest absolute Gasteiger partial charge is 0.0941 e. The van der Waals surface area contributed by atoms with Crippen molar-refractivity contribution in [3.63, 3.8) is 0 Å². The third kappa shape index (κ3) is 2.59. The average molecular weight is 365 g/mol. The Balaban J connectivity index is 0.00000120. The molecule has 4 atom stereocenters. The summed E-state index contributed by atoms with van der Waals surface area (Å²) in [6.45, 7) is 2.72. The van der Waals surface area contributed by atoms with Crippen LogP contribution in [0.2, 0.25) is 0 Å². The van der Waals surface area contributed by atoms with Gasteiger partial charge in [-0.2, -0.15) is 0 Å². The topological polar surface area (TPSA) is 20.2 Å². The molecule has 2 aliphatic carbocycles. The van der Waals surface area contributed by atoms with Crippen LogP contribution in [-0.2, 0) is 0 Å². The van der Waals surface area contributed by atoms with E-state index in [1.807, 2.05) is 0 Å². The number of likely N-dealkylation sites (tertiary alicyclic amines) is 1. The van der Waals surface area contributed by atoms with E-state index < -0.39 is 0 Å². The molecule has 0 radical (unpaired) electrons. The van der Waals surface area contributed by atoms with Gasteiger partial charge in [0.2, 0.25) is 0 Å². The van der Waals surface area contributed by atoms with Crippen LogP contribution in [-0.4, -0.2) is 41.9 Å². The highest BCUT2D eigenvalue weighted by molar-refractivity contribution is 4.92. The molecule has 0 aromatic rings. The maximum atomic E-state index is 10.5. The van der Waals surface area contributed by atoms with Gasteiger partial charge < -0.3 is 33.6 Å². The van der Waals surface area contributed by atoms with Gasteiger partial charge in [0.15, 0.2) is 0 Å². The number of quaternary nitrogens is 1. The normalized spacial score (nSPS) is 43.0. The van der Waals surface area contributed by atoms with Gasteiger partial charge in [0, 0.05) is 12.3 Å². The fourth-order valence-corrected chi connectivity index (χ4v) is 4.98. The van der Waals surface area contributed by atoms with Gasteiger partial charge in [-0.05, 0) is 44.4 Å². The number of aliphatic hydroxyl groups excluding tert-OH is 1. The second kappa shape index (κ2) is 5.96. The van der Waals surface area contributed by atoms with E-state index in [2.05, 4.69) is 7.05 Å². The first-order valence-electron chi connectivity index (χ1n) is 7.73. The van der Waals surface area contributed by atoms with Gasteiger partial charge in [-0.1, -0.05) is 6.42 Å². The minimum Gasteiger partial charge on any atom is -1.00 e. The Kier molecular flexibility index (Phi) is 4.98. The van der Waals surface area contributed by atoms with E-state index in [1.54, 1.807) is 0 Å². The van der Waals surface area contributed by atoms with Crippen LogP contribution >= 0.6 is 0 Å². The molecule has 3 fully saturated rings. The summed E-state index contributed by atoms with van der Waals surface area (Å²) in [5.41, 5.74) is 0. The second-order valence-electron chi connectivity index (χ2n) is 6.98. The molecule has 1 heterocycles. The van der Waals surface area contributed by atoms with Crippen molar-refractivity contribution in [3.05, 3.63) is 0 Å². The van der Waals surface area contributed by atoms with Crippen molar-refractivity contribution in [1.82, 2.24) is 0 Å². The van der Waals surface area contributed by atoms with Crippen molar-refractivity contribution >= 4 is 0 Å². The Bertz CT molecular complexity index is 278. The Hall–Kier alpha value is 0.650. The summed E-state index contributed by atoms with van der Waals surface area (Å²) in [7, 11) is 2.46. The second-order valence-corrected chi connectivity index (χ2v) is 6.98. The molecular weight excluding hydrogens is 337 g/mol. The molecule has 3 aliphatic rings. The molecule has 1 aliphatic heterocycles. The zero-order chi connectivity index (χ0) is 11.9. The number of nitrogens with zero attached hydrogens (tertiary/aromatic N) is 1. The zero-order valence-corrected chi connectivity index (χ0v) is 13.8. The van der Waals surface area contributed by atoms with Gasteiger partial charge in [0.25, 0.3) is 0 Å². The lowest BCUT2D eigenvalue weighted by molar-refractivity contribution is -0.943. The molecule has 0 aromatic heterocycles. The van der Waals surface area contributed by atoms with Crippen LogP contribution in [0.25, 0.3) is 0 Å². The fraction of sp³-hybridized carbons (Fsp3) is 1.00. The van der Waals surface area contributed by atoms with Crippen LogP contribution < -0.4 is 24.0 Å². The lowest BCUT2D eigenvalue weighted by Gasteiger charge is -2.53. The number of fused-ring (bicyclic) bond motifs is 2. The molecule has 1 N–H and O–H groups in total. The molecule has 0 aromatic carbocycles. The van der Waals surface area contributed by atoms with E-state index in [1.165, 1.54) is 68.9 Å². The fourth-order valence-electron chi connectivity index (χ4n) is 4.98. The molecule has 3 unspecified atom stereocenters. The summed E-state index contributed by atoms with van der Waals surface area (Å²) in [5.74, 6) is 1.26. The number of aliphatic hydroxyl groups is 1. The van der Waals surface area contributed by atoms with Crippen molar-refractivity contribution in [2.75, 3.05) is 20.1 Å². The predicted octanol–water partition coefficient (Wildman–Crippen LogP) is -0.439. The molecule has 0 amide bonds. The molecule has 18 heavy (non-hydrogen) atoms. The highest BCUT2D eigenvalue weighted by Gasteiger charge is 2.48.